The molecule has 0 fully saturated rings. The highest BCUT2D eigenvalue weighted by Crippen LogP contribution is 2.26. The molecule has 0 unspecified atom stereocenters. The third-order valence-electron chi connectivity index (χ3n) is 3.41. The lowest BCUT2D eigenvalue weighted by atomic mass is 10.0. The zero-order valence-corrected chi connectivity index (χ0v) is 14.2. The van der Waals surface area contributed by atoms with Crippen LogP contribution in [0.3, 0.4) is 0 Å². The van der Waals surface area contributed by atoms with Crippen LogP contribution < -0.4 is 10.5 Å². The number of carboxylic acids is 1. The molecule has 0 aliphatic heterocycles. The highest BCUT2D eigenvalue weighted by molar-refractivity contribution is 5.96. The summed E-state index contributed by atoms with van der Waals surface area (Å²) in [4.78, 5) is 20.9. The summed E-state index contributed by atoms with van der Waals surface area (Å²) in [6, 6.07) is 11.0. The van der Waals surface area contributed by atoms with Gasteiger partial charge in [-0.15, -0.1) is 0 Å². The van der Waals surface area contributed by atoms with Crippen molar-refractivity contribution in [2.75, 3.05) is 12.8 Å². The Hall–Kier alpha value is -3.10. The van der Waals surface area contributed by atoms with Crippen LogP contribution in [0.15, 0.2) is 42.5 Å². The topological polar surface area (TPSA) is 89.6 Å². The first-order valence-corrected chi connectivity index (χ1v) is 7.56. The van der Waals surface area contributed by atoms with Crippen molar-refractivity contribution >= 4 is 17.4 Å². The molecular weight excluding hydrogens is 370 g/mol. The first-order chi connectivity index (χ1) is 12.6. The summed E-state index contributed by atoms with van der Waals surface area (Å²) in [5, 5.41) is 7.12. The molecule has 2 rings (SSSR count). The highest BCUT2D eigenvalue weighted by Gasteiger charge is 2.38. The number of anilines is 1. The van der Waals surface area contributed by atoms with Crippen LogP contribution in [0.25, 0.3) is 0 Å². The lowest BCUT2D eigenvalue weighted by Gasteiger charge is -2.09. The van der Waals surface area contributed by atoms with Gasteiger partial charge in [0.25, 0.3) is 0 Å². The number of benzene rings is 2. The number of ether oxygens (including phenoxy) is 1. The third-order valence-corrected chi connectivity index (χ3v) is 3.41. The van der Waals surface area contributed by atoms with E-state index in [9.17, 15) is 22.4 Å². The fourth-order valence-corrected chi connectivity index (χ4v) is 2.01. The molecule has 0 saturated carbocycles. The van der Waals surface area contributed by atoms with E-state index in [1.165, 1.54) is 24.3 Å². The number of methoxy groups -OCH3 is 1. The van der Waals surface area contributed by atoms with E-state index < -0.39 is 12.1 Å². The van der Waals surface area contributed by atoms with E-state index in [4.69, 9.17) is 20.4 Å². The molecule has 0 aliphatic carbocycles. The zero-order chi connectivity index (χ0) is 20.6. The van der Waals surface area contributed by atoms with Gasteiger partial charge < -0.3 is 15.6 Å². The minimum atomic E-state index is -5.08. The molecule has 0 heterocycles. The molecule has 9 heteroatoms. The van der Waals surface area contributed by atoms with Gasteiger partial charge in [-0.05, 0) is 42.3 Å². The largest absolute Gasteiger partial charge is 0.495 e. The minimum absolute atomic E-state index is 0.0350. The van der Waals surface area contributed by atoms with Gasteiger partial charge in [0.1, 0.15) is 11.6 Å². The van der Waals surface area contributed by atoms with E-state index in [1.54, 1.807) is 13.2 Å². The summed E-state index contributed by atoms with van der Waals surface area (Å²) in [5.74, 6) is -2.53. The van der Waals surface area contributed by atoms with E-state index in [1.807, 2.05) is 12.1 Å². The van der Waals surface area contributed by atoms with Crippen molar-refractivity contribution in [3.8, 4) is 5.75 Å². The summed E-state index contributed by atoms with van der Waals surface area (Å²) < 4.78 is 49.7. The van der Waals surface area contributed by atoms with Crippen molar-refractivity contribution in [3.05, 3.63) is 59.4 Å². The summed E-state index contributed by atoms with van der Waals surface area (Å²) >= 11 is 0. The number of carbonyl (C=O) groups is 2. The molecule has 5 nitrogen and oxygen atoms in total. The van der Waals surface area contributed by atoms with Crippen LogP contribution in [-0.4, -0.2) is 30.1 Å². The molecule has 27 heavy (non-hydrogen) atoms. The standard InChI is InChI=1S/C16H16FNO2.C2HF3O2/c1-20-15-4-2-3-12(16(15)18)7-10-14(19)11-5-8-13(17)9-6-11;3-2(4,5)1(6)7/h2-6,8-9H,7,10,18H2,1H3;(H,6,7). The second-order valence-corrected chi connectivity index (χ2v) is 5.27. The average Bonchev–Trinajstić information content (AvgIpc) is 2.61. The molecule has 0 atom stereocenters. The number of alkyl halides is 3. The first kappa shape index (κ1) is 21.9. The second-order valence-electron chi connectivity index (χ2n) is 5.27. The molecule has 0 bridgehead atoms. The fraction of sp³-hybridized carbons (Fsp3) is 0.222. The zero-order valence-electron chi connectivity index (χ0n) is 14.2. The number of halogens is 4. The molecule has 2 aromatic carbocycles. The molecule has 0 aliphatic rings. The molecule has 0 radical (unpaired) electrons. The lowest BCUT2D eigenvalue weighted by molar-refractivity contribution is -0.192. The van der Waals surface area contributed by atoms with Crippen LogP contribution in [-0.2, 0) is 11.2 Å². The van der Waals surface area contributed by atoms with Gasteiger partial charge in [0.05, 0.1) is 12.8 Å². The van der Waals surface area contributed by atoms with Crippen molar-refractivity contribution in [1.29, 1.82) is 0 Å². The van der Waals surface area contributed by atoms with E-state index in [-0.39, 0.29) is 11.6 Å². The Morgan fingerprint density at radius 2 is 1.67 bits per heavy atom. The molecular formula is C18H17F4NO4. The number of aryl methyl sites for hydroxylation is 1. The number of carbonyl (C=O) groups excluding carboxylic acids is 1. The highest BCUT2D eigenvalue weighted by atomic mass is 19.4. The molecule has 0 spiro atoms. The smallest absolute Gasteiger partial charge is 0.490 e. The average molecular weight is 387 g/mol. The summed E-state index contributed by atoms with van der Waals surface area (Å²) in [5.41, 5.74) is 7.89. The monoisotopic (exact) mass is 387 g/mol. The van der Waals surface area contributed by atoms with Crippen LogP contribution in [0.5, 0.6) is 5.75 Å². The summed E-state index contributed by atoms with van der Waals surface area (Å²) in [6.45, 7) is 0. The maximum Gasteiger partial charge on any atom is 0.490 e. The van der Waals surface area contributed by atoms with Gasteiger partial charge in [-0.1, -0.05) is 12.1 Å². The molecule has 0 aromatic heterocycles. The van der Waals surface area contributed by atoms with E-state index >= 15 is 0 Å². The van der Waals surface area contributed by atoms with Crippen molar-refractivity contribution in [1.82, 2.24) is 0 Å². The first-order valence-electron chi connectivity index (χ1n) is 7.56. The van der Waals surface area contributed by atoms with E-state index in [0.29, 0.717) is 29.8 Å². The van der Waals surface area contributed by atoms with Crippen LogP contribution in [0.2, 0.25) is 0 Å². The second kappa shape index (κ2) is 9.56. The maximum absolute atomic E-state index is 12.8. The Balaban J connectivity index is 0.000000445. The SMILES string of the molecule is COc1cccc(CCC(=O)c2ccc(F)cc2)c1N.O=C(O)C(F)(F)F. The Bertz CT molecular complexity index is 789. The van der Waals surface area contributed by atoms with Crippen LogP contribution in [0.1, 0.15) is 22.3 Å². The summed E-state index contributed by atoms with van der Waals surface area (Å²) in [7, 11) is 1.55. The van der Waals surface area contributed by atoms with Crippen molar-refractivity contribution in [2.45, 2.75) is 19.0 Å². The number of hydrogen-bond acceptors (Lipinski definition) is 4. The Labute approximate surface area is 152 Å². The van der Waals surface area contributed by atoms with Gasteiger partial charge in [0, 0.05) is 12.0 Å². The Morgan fingerprint density at radius 1 is 1.11 bits per heavy atom. The molecule has 0 amide bonds. The number of Topliss-reactive ketones (excluding diaryl/α,β-unsaturated/α-hetero) is 1. The molecule has 0 saturated heterocycles. The van der Waals surface area contributed by atoms with Crippen molar-refractivity contribution in [3.63, 3.8) is 0 Å². The van der Waals surface area contributed by atoms with Crippen LogP contribution in [0, 0.1) is 5.82 Å². The number of hydrogen-bond donors (Lipinski definition) is 2. The van der Waals surface area contributed by atoms with Crippen LogP contribution >= 0.6 is 0 Å². The predicted molar refractivity (Wildman–Crippen MR) is 90.1 cm³/mol. The number of para-hydroxylation sites is 1. The predicted octanol–water partition coefficient (Wildman–Crippen LogP) is 3.87. The number of ketones is 1. The number of aliphatic carboxylic acids is 1. The lowest BCUT2D eigenvalue weighted by Crippen LogP contribution is -2.21. The maximum atomic E-state index is 12.8. The van der Waals surface area contributed by atoms with Gasteiger partial charge in [-0.3, -0.25) is 4.79 Å². The van der Waals surface area contributed by atoms with Crippen molar-refractivity contribution in [2.24, 2.45) is 0 Å². The molecule has 2 aromatic rings. The molecule has 3 N–H and O–H groups in total. The number of carboxylic acid groups (broad SMARTS) is 1. The van der Waals surface area contributed by atoms with Gasteiger partial charge in [-0.25, -0.2) is 9.18 Å². The molecule has 146 valence electrons. The van der Waals surface area contributed by atoms with E-state index in [0.717, 1.165) is 5.56 Å². The number of nitrogen functional groups attached to an aromatic ring is 1. The van der Waals surface area contributed by atoms with Gasteiger partial charge >= 0.3 is 12.1 Å². The summed E-state index contributed by atoms with van der Waals surface area (Å²) in [6.07, 6.45) is -4.23. The number of nitrogens with two attached hydrogens (primary N) is 1. The van der Waals surface area contributed by atoms with Gasteiger partial charge in [-0.2, -0.15) is 13.2 Å². The number of rotatable bonds is 5. The quantitative estimate of drug-likeness (QED) is 0.462. The van der Waals surface area contributed by atoms with Gasteiger partial charge in [0.15, 0.2) is 5.78 Å². The van der Waals surface area contributed by atoms with Gasteiger partial charge in [0.2, 0.25) is 0 Å². The third kappa shape index (κ3) is 6.96. The normalized spacial score (nSPS) is 10.6. The Morgan fingerprint density at radius 3 is 2.15 bits per heavy atom. The van der Waals surface area contributed by atoms with Crippen molar-refractivity contribution < 1.29 is 37.0 Å². The fourth-order valence-electron chi connectivity index (χ4n) is 2.01. The van der Waals surface area contributed by atoms with E-state index in [2.05, 4.69) is 0 Å². The Kier molecular flexibility index (Phi) is 7.77. The minimum Gasteiger partial charge on any atom is -0.495 e. The van der Waals surface area contributed by atoms with Crippen LogP contribution in [0.4, 0.5) is 23.2 Å².